The molecule has 3 heteroatoms. The summed E-state index contributed by atoms with van der Waals surface area (Å²) in [7, 11) is 0. The van der Waals surface area contributed by atoms with Crippen molar-refractivity contribution in [1.29, 1.82) is 0 Å². The van der Waals surface area contributed by atoms with E-state index in [0.29, 0.717) is 11.5 Å². The Balaban J connectivity index is 1.82. The van der Waals surface area contributed by atoms with Crippen molar-refractivity contribution in [3.63, 3.8) is 0 Å². The van der Waals surface area contributed by atoms with E-state index in [2.05, 4.69) is 35.5 Å². The highest BCUT2D eigenvalue weighted by atomic mass is 15.1. The van der Waals surface area contributed by atoms with Gasteiger partial charge in [0, 0.05) is 6.04 Å². The molecule has 1 aromatic heterocycles. The summed E-state index contributed by atoms with van der Waals surface area (Å²) in [5.41, 5.74) is 9.22. The number of rotatable bonds is 3. The van der Waals surface area contributed by atoms with E-state index in [0.717, 1.165) is 11.3 Å². The summed E-state index contributed by atoms with van der Waals surface area (Å²) in [5.74, 6) is 0. The lowest BCUT2D eigenvalue weighted by molar-refractivity contribution is 0.191. The Bertz CT molecular complexity index is 576. The predicted octanol–water partition coefficient (Wildman–Crippen LogP) is 4.07. The Hall–Kier alpha value is -1.61. The minimum atomic E-state index is -0.0939. The highest BCUT2D eigenvalue weighted by Crippen LogP contribution is 2.41. The smallest absolute Gasteiger partial charge is 0.0951 e. The summed E-state index contributed by atoms with van der Waals surface area (Å²) in [6.45, 7) is 4.74. The van der Waals surface area contributed by atoms with E-state index in [-0.39, 0.29) is 6.04 Å². The van der Waals surface area contributed by atoms with Gasteiger partial charge in [-0.2, -0.15) is 0 Å². The molecule has 3 nitrogen and oxygen atoms in total. The van der Waals surface area contributed by atoms with E-state index in [4.69, 9.17) is 5.73 Å². The van der Waals surface area contributed by atoms with Crippen molar-refractivity contribution in [2.75, 3.05) is 0 Å². The van der Waals surface area contributed by atoms with Crippen LogP contribution in [0.2, 0.25) is 0 Å². The number of nitrogens with zero attached hydrogens (tertiary/aromatic N) is 2. The second kappa shape index (κ2) is 5.64. The van der Waals surface area contributed by atoms with Crippen molar-refractivity contribution < 1.29 is 0 Å². The second-order valence-corrected chi connectivity index (χ2v) is 7.01. The van der Waals surface area contributed by atoms with Crippen molar-refractivity contribution in [3.8, 4) is 0 Å². The van der Waals surface area contributed by atoms with Crippen LogP contribution in [0, 0.1) is 5.41 Å². The zero-order valence-electron chi connectivity index (χ0n) is 13.0. The van der Waals surface area contributed by atoms with Gasteiger partial charge in [0.25, 0.3) is 0 Å². The average molecular weight is 283 g/mol. The third-order valence-corrected chi connectivity index (χ3v) is 4.88. The summed E-state index contributed by atoms with van der Waals surface area (Å²) in [4.78, 5) is 4.36. The number of benzene rings is 1. The first-order valence-corrected chi connectivity index (χ1v) is 7.89. The van der Waals surface area contributed by atoms with Gasteiger partial charge in [-0.05, 0) is 36.7 Å². The first-order valence-electron chi connectivity index (χ1n) is 7.89. The third-order valence-electron chi connectivity index (χ3n) is 4.88. The largest absolute Gasteiger partial charge is 0.330 e. The molecular formula is C18H25N3. The molecule has 3 rings (SSSR count). The summed E-state index contributed by atoms with van der Waals surface area (Å²) < 4.78 is 2.31. The van der Waals surface area contributed by atoms with Gasteiger partial charge in [-0.25, -0.2) is 4.98 Å². The molecule has 0 spiro atoms. The lowest BCUT2D eigenvalue weighted by Gasteiger charge is -2.35. The average Bonchev–Trinajstić information content (AvgIpc) is 2.97. The van der Waals surface area contributed by atoms with Crippen LogP contribution in [0.25, 0.3) is 0 Å². The maximum Gasteiger partial charge on any atom is 0.0951 e. The van der Waals surface area contributed by atoms with Gasteiger partial charge in [-0.3, -0.25) is 0 Å². The van der Waals surface area contributed by atoms with E-state index in [9.17, 15) is 0 Å². The van der Waals surface area contributed by atoms with Crippen LogP contribution >= 0.6 is 0 Å². The molecule has 0 saturated heterocycles. The van der Waals surface area contributed by atoms with Crippen LogP contribution in [0.5, 0.6) is 0 Å². The number of imidazole rings is 1. The van der Waals surface area contributed by atoms with Crippen LogP contribution < -0.4 is 5.73 Å². The molecule has 1 fully saturated rings. The van der Waals surface area contributed by atoms with Gasteiger partial charge in [0.1, 0.15) is 0 Å². The molecule has 1 aliphatic carbocycles. The van der Waals surface area contributed by atoms with Gasteiger partial charge in [0.05, 0.1) is 24.3 Å². The van der Waals surface area contributed by atoms with Gasteiger partial charge in [0.2, 0.25) is 0 Å². The van der Waals surface area contributed by atoms with Crippen molar-refractivity contribution in [2.24, 2.45) is 11.1 Å². The van der Waals surface area contributed by atoms with E-state index >= 15 is 0 Å². The maximum atomic E-state index is 6.46. The Labute approximate surface area is 127 Å². The molecule has 112 valence electrons. The number of nitrogens with two attached hydrogens (primary N) is 1. The van der Waals surface area contributed by atoms with Crippen LogP contribution in [0.4, 0.5) is 0 Å². The number of hydrogen-bond donors (Lipinski definition) is 1. The molecular weight excluding hydrogens is 258 g/mol. The summed E-state index contributed by atoms with van der Waals surface area (Å²) in [6, 6.07) is 10.7. The van der Waals surface area contributed by atoms with Crippen LogP contribution in [0.15, 0.2) is 42.9 Å². The first-order chi connectivity index (χ1) is 10.1. The molecule has 0 radical (unpaired) electrons. The normalized spacial score (nSPS) is 20.3. The van der Waals surface area contributed by atoms with E-state index < -0.39 is 0 Å². The lowest BCUT2D eigenvalue weighted by atomic mass is 9.75. The Kier molecular flexibility index (Phi) is 3.85. The maximum absolute atomic E-state index is 6.46. The lowest BCUT2D eigenvalue weighted by Crippen LogP contribution is -2.26. The molecule has 0 aliphatic heterocycles. The fraction of sp³-hybridized carbons (Fsp3) is 0.500. The van der Waals surface area contributed by atoms with Gasteiger partial charge in [0.15, 0.2) is 0 Å². The number of aromatic nitrogens is 2. The first kappa shape index (κ1) is 14.3. The fourth-order valence-corrected chi connectivity index (χ4v) is 3.35. The van der Waals surface area contributed by atoms with E-state index in [1.54, 1.807) is 0 Å². The molecule has 2 N–H and O–H groups in total. The highest BCUT2D eigenvalue weighted by molar-refractivity contribution is 5.26. The zero-order valence-corrected chi connectivity index (χ0v) is 13.0. The zero-order chi connectivity index (χ0) is 14.9. The molecule has 1 atom stereocenters. The summed E-state index contributed by atoms with van der Waals surface area (Å²) in [5, 5.41) is 0. The van der Waals surface area contributed by atoms with Gasteiger partial charge < -0.3 is 10.3 Å². The van der Waals surface area contributed by atoms with Gasteiger partial charge in [-0.1, -0.05) is 44.2 Å². The Morgan fingerprint density at radius 2 is 1.86 bits per heavy atom. The minimum absolute atomic E-state index is 0.0939. The molecule has 1 aromatic carbocycles. The van der Waals surface area contributed by atoms with Gasteiger partial charge >= 0.3 is 0 Å². The summed E-state index contributed by atoms with van der Waals surface area (Å²) >= 11 is 0. The molecule has 1 heterocycles. The monoisotopic (exact) mass is 283 g/mol. The number of hydrogen-bond acceptors (Lipinski definition) is 2. The third kappa shape index (κ3) is 3.03. The second-order valence-electron chi connectivity index (χ2n) is 7.01. The molecule has 1 aliphatic rings. The molecule has 21 heavy (non-hydrogen) atoms. The highest BCUT2D eigenvalue weighted by Gasteiger charge is 2.29. The van der Waals surface area contributed by atoms with Gasteiger partial charge in [-0.15, -0.1) is 0 Å². The molecule has 1 unspecified atom stereocenters. The quantitative estimate of drug-likeness (QED) is 0.922. The molecule has 0 amide bonds. The SMILES string of the molecule is CC1(C)CCC(n2cncc2C(N)c2ccccc2)CC1. The Morgan fingerprint density at radius 3 is 2.52 bits per heavy atom. The van der Waals surface area contributed by atoms with Crippen LogP contribution in [-0.2, 0) is 0 Å². The van der Waals surface area contributed by atoms with E-state index in [1.807, 2.05) is 30.7 Å². The molecule has 0 bridgehead atoms. The molecule has 2 aromatic rings. The fourth-order valence-electron chi connectivity index (χ4n) is 3.35. The van der Waals surface area contributed by atoms with Crippen molar-refractivity contribution in [3.05, 3.63) is 54.1 Å². The van der Waals surface area contributed by atoms with Crippen molar-refractivity contribution in [2.45, 2.75) is 51.6 Å². The van der Waals surface area contributed by atoms with Crippen LogP contribution in [0.1, 0.15) is 62.9 Å². The molecule has 1 saturated carbocycles. The predicted molar refractivity (Wildman–Crippen MR) is 86.0 cm³/mol. The van der Waals surface area contributed by atoms with Crippen LogP contribution in [0.3, 0.4) is 0 Å². The summed E-state index contributed by atoms with van der Waals surface area (Å²) in [6.07, 6.45) is 8.87. The Morgan fingerprint density at radius 1 is 1.19 bits per heavy atom. The topological polar surface area (TPSA) is 43.8 Å². The standard InChI is InChI=1S/C18H25N3/c1-18(2)10-8-15(9-11-18)21-13-20-12-16(21)17(19)14-6-4-3-5-7-14/h3-7,12-13,15,17H,8-11,19H2,1-2H3. The minimum Gasteiger partial charge on any atom is -0.330 e. The van der Waals surface area contributed by atoms with E-state index in [1.165, 1.54) is 25.7 Å². The van der Waals surface area contributed by atoms with Crippen LogP contribution in [-0.4, -0.2) is 9.55 Å². The van der Waals surface area contributed by atoms with Crippen molar-refractivity contribution in [1.82, 2.24) is 9.55 Å². The van der Waals surface area contributed by atoms with Crippen molar-refractivity contribution >= 4 is 0 Å².